The Morgan fingerprint density at radius 2 is 2.09 bits per heavy atom. The van der Waals surface area contributed by atoms with Crippen molar-refractivity contribution in [3.05, 3.63) is 73.2 Å². The number of thiazole rings is 1. The summed E-state index contributed by atoms with van der Waals surface area (Å²) >= 11 is 7.51. The summed E-state index contributed by atoms with van der Waals surface area (Å²) in [7, 11) is -2.48. The molecular weight excluding hydrogens is 614 g/mol. The smallest absolute Gasteiger partial charge is 0.283 e. The molecule has 14 heteroatoms. The number of nitrogens with zero attached hydrogens (tertiary/aromatic N) is 3. The van der Waals surface area contributed by atoms with Crippen LogP contribution in [0.5, 0.6) is 5.75 Å². The summed E-state index contributed by atoms with van der Waals surface area (Å²) in [4.78, 5) is 36.5. The molecule has 1 amide bonds. The fraction of sp³-hybridized carbons (Fsp3) is 0.414. The average Bonchev–Trinajstić information content (AvgIpc) is 3.61. The number of piperazine rings is 1. The van der Waals surface area contributed by atoms with Crippen LogP contribution in [0.2, 0.25) is 5.02 Å². The maximum atomic E-state index is 13.8. The van der Waals surface area contributed by atoms with Crippen LogP contribution in [-0.2, 0) is 29.4 Å². The lowest BCUT2D eigenvalue weighted by Gasteiger charge is -2.40. The van der Waals surface area contributed by atoms with Crippen LogP contribution in [0.25, 0.3) is 10.9 Å². The van der Waals surface area contributed by atoms with Crippen molar-refractivity contribution in [1.82, 2.24) is 24.5 Å². The molecule has 2 aliphatic rings. The molecule has 3 aromatic heterocycles. The first kappa shape index (κ1) is 29.8. The van der Waals surface area contributed by atoms with Gasteiger partial charge in [-0.05, 0) is 44.0 Å². The molecule has 5 heterocycles. The van der Waals surface area contributed by atoms with Gasteiger partial charge in [-0.15, -0.1) is 11.3 Å². The zero-order valence-corrected chi connectivity index (χ0v) is 26.2. The molecule has 4 aromatic rings. The number of methoxy groups -OCH3 is 1. The van der Waals surface area contributed by atoms with Crippen molar-refractivity contribution in [2.24, 2.45) is 0 Å². The Morgan fingerprint density at radius 3 is 2.88 bits per heavy atom. The molecule has 11 nitrogen and oxygen atoms in total. The molecule has 2 N–H and O–H groups in total. The van der Waals surface area contributed by atoms with E-state index in [2.05, 4.69) is 22.2 Å². The molecule has 2 aliphatic heterocycles. The molecule has 2 unspecified atom stereocenters. The highest BCUT2D eigenvalue weighted by Crippen LogP contribution is 2.29. The number of hydrogen-bond acceptors (Lipinski definition) is 9. The highest BCUT2D eigenvalue weighted by Gasteiger charge is 2.38. The van der Waals surface area contributed by atoms with Crippen molar-refractivity contribution in [2.75, 3.05) is 26.7 Å². The van der Waals surface area contributed by atoms with Gasteiger partial charge in [0.15, 0.2) is 5.01 Å². The minimum atomic E-state index is -3.88. The number of nitrogens with one attached hydrogen (secondary N) is 2. The molecule has 0 spiro atoms. The third-order valence-electron chi connectivity index (χ3n) is 7.99. The van der Waals surface area contributed by atoms with Crippen LogP contribution in [-0.4, -0.2) is 72.3 Å². The lowest BCUT2D eigenvalue weighted by molar-refractivity contribution is 0.0546. The predicted molar refractivity (Wildman–Crippen MR) is 163 cm³/mol. The number of ether oxygens (including phenoxy) is 1. The van der Waals surface area contributed by atoms with Crippen LogP contribution >= 0.6 is 22.9 Å². The summed E-state index contributed by atoms with van der Waals surface area (Å²) < 4.78 is 39.5. The number of aromatic nitrogens is 2. The number of H-pyrrole nitrogens is 1. The van der Waals surface area contributed by atoms with E-state index in [0.29, 0.717) is 52.5 Å². The maximum Gasteiger partial charge on any atom is 0.283 e. The van der Waals surface area contributed by atoms with Crippen molar-refractivity contribution >= 4 is 49.8 Å². The number of benzene rings is 1. The summed E-state index contributed by atoms with van der Waals surface area (Å²) in [6.07, 6.45) is 3.56. The van der Waals surface area contributed by atoms with Gasteiger partial charge in [0.2, 0.25) is 11.2 Å². The SMILES string of the molecule is COc1coc(CCCC2CN(S(=O)(=O)c3cc4cc(Cl)ccc4[nH]3)CCN2C(=O)c2nc3c(s2)CNC(C)C3)cc1=O. The molecule has 1 aromatic carbocycles. The van der Waals surface area contributed by atoms with E-state index >= 15 is 0 Å². The lowest BCUT2D eigenvalue weighted by atomic mass is 10.0. The Morgan fingerprint density at radius 1 is 1.26 bits per heavy atom. The van der Waals surface area contributed by atoms with E-state index in [9.17, 15) is 18.0 Å². The van der Waals surface area contributed by atoms with Crippen LogP contribution in [0, 0.1) is 0 Å². The minimum Gasteiger partial charge on any atom is -0.490 e. The Labute approximate surface area is 257 Å². The number of sulfonamides is 1. The van der Waals surface area contributed by atoms with E-state index in [1.165, 1.54) is 35.1 Å². The number of halogens is 1. The number of carbonyl (C=O) groups is 1. The van der Waals surface area contributed by atoms with Gasteiger partial charge in [0, 0.05) is 78.0 Å². The largest absolute Gasteiger partial charge is 0.490 e. The van der Waals surface area contributed by atoms with Crippen molar-refractivity contribution in [2.45, 2.75) is 56.3 Å². The second-order valence-corrected chi connectivity index (χ2v) is 14.4. The fourth-order valence-electron chi connectivity index (χ4n) is 5.67. The molecule has 0 aliphatic carbocycles. The summed E-state index contributed by atoms with van der Waals surface area (Å²) in [5, 5.41) is 5.14. The Kier molecular flexibility index (Phi) is 8.35. The van der Waals surface area contributed by atoms with Crippen LogP contribution in [0.1, 0.15) is 45.9 Å². The van der Waals surface area contributed by atoms with Crippen LogP contribution in [0.15, 0.2) is 50.8 Å². The second-order valence-electron chi connectivity index (χ2n) is 10.9. The zero-order valence-electron chi connectivity index (χ0n) is 23.8. The zero-order chi connectivity index (χ0) is 30.3. The van der Waals surface area contributed by atoms with Crippen LogP contribution in [0.3, 0.4) is 0 Å². The number of aryl methyl sites for hydroxylation is 1. The summed E-state index contributed by atoms with van der Waals surface area (Å²) in [5.74, 6) is 0.434. The van der Waals surface area contributed by atoms with Gasteiger partial charge in [0.1, 0.15) is 17.0 Å². The van der Waals surface area contributed by atoms with Gasteiger partial charge in [-0.1, -0.05) is 11.6 Å². The monoisotopic (exact) mass is 645 g/mol. The minimum absolute atomic E-state index is 0.0810. The Hall–Kier alpha value is -3.23. The van der Waals surface area contributed by atoms with E-state index in [1.54, 1.807) is 29.2 Å². The highest BCUT2D eigenvalue weighted by atomic mass is 35.5. The number of rotatable bonds is 8. The van der Waals surface area contributed by atoms with E-state index < -0.39 is 16.1 Å². The third kappa shape index (κ3) is 6.09. The maximum absolute atomic E-state index is 13.8. The highest BCUT2D eigenvalue weighted by molar-refractivity contribution is 7.89. The van der Waals surface area contributed by atoms with Crippen molar-refractivity contribution in [3.8, 4) is 5.75 Å². The fourth-order valence-corrected chi connectivity index (χ4v) is 8.33. The molecule has 0 radical (unpaired) electrons. The normalized spacial score (nSPS) is 19.5. The first-order valence-corrected chi connectivity index (χ1v) is 16.7. The van der Waals surface area contributed by atoms with Gasteiger partial charge in [-0.2, -0.15) is 4.31 Å². The topological polar surface area (TPSA) is 138 Å². The molecule has 1 fully saturated rings. The van der Waals surface area contributed by atoms with E-state index in [0.717, 1.165) is 17.0 Å². The first-order valence-electron chi connectivity index (χ1n) is 14.1. The first-order chi connectivity index (χ1) is 20.6. The molecule has 0 bridgehead atoms. The van der Waals surface area contributed by atoms with Gasteiger partial charge in [-0.25, -0.2) is 13.4 Å². The molecule has 43 heavy (non-hydrogen) atoms. The van der Waals surface area contributed by atoms with Gasteiger partial charge in [0.05, 0.1) is 12.8 Å². The number of hydrogen-bond donors (Lipinski definition) is 2. The summed E-state index contributed by atoms with van der Waals surface area (Å²) in [6, 6.07) is 8.04. The van der Waals surface area contributed by atoms with E-state index in [-0.39, 0.29) is 47.8 Å². The number of carbonyl (C=O) groups excluding carboxylic acids is 1. The molecule has 228 valence electrons. The lowest BCUT2D eigenvalue weighted by Crippen LogP contribution is -2.56. The van der Waals surface area contributed by atoms with Crippen molar-refractivity contribution < 1.29 is 22.4 Å². The third-order valence-corrected chi connectivity index (χ3v) is 11.1. The van der Waals surface area contributed by atoms with Crippen molar-refractivity contribution in [1.29, 1.82) is 0 Å². The van der Waals surface area contributed by atoms with Gasteiger partial charge in [0.25, 0.3) is 15.9 Å². The van der Waals surface area contributed by atoms with Crippen LogP contribution in [0.4, 0.5) is 0 Å². The molecule has 6 rings (SSSR count). The second kappa shape index (κ2) is 12.0. The number of fused-ring (bicyclic) bond motifs is 2. The van der Waals surface area contributed by atoms with Crippen molar-refractivity contribution in [3.63, 3.8) is 0 Å². The Balaban J connectivity index is 1.23. The number of aromatic amines is 1. The Bertz CT molecular complexity index is 1830. The standard InChI is InChI=1S/C29H32ClN5O6S2/c1-17-10-23-26(14-31-17)42-28(33-23)29(37)35-9-8-34(43(38,39)27-12-18-11-19(30)6-7-22(18)32-27)15-20(35)4-3-5-21-13-24(36)25(40-2)16-41-21/h6-7,11-13,16-17,20,31-32H,3-5,8-10,14-15H2,1-2H3. The molecular formula is C29H32ClN5O6S2. The summed E-state index contributed by atoms with van der Waals surface area (Å²) in [5.41, 5.74) is 1.35. The van der Waals surface area contributed by atoms with E-state index in [4.69, 9.17) is 20.8 Å². The average molecular weight is 646 g/mol. The molecule has 2 atom stereocenters. The quantitative estimate of drug-likeness (QED) is 0.295. The van der Waals surface area contributed by atoms with Gasteiger partial charge >= 0.3 is 0 Å². The molecule has 1 saturated heterocycles. The predicted octanol–water partition coefficient (Wildman–Crippen LogP) is 3.81. The molecule has 0 saturated carbocycles. The van der Waals surface area contributed by atoms with E-state index in [1.807, 2.05) is 0 Å². The van der Waals surface area contributed by atoms with Gasteiger partial charge < -0.3 is 24.4 Å². The van der Waals surface area contributed by atoms with Gasteiger partial charge in [-0.3, -0.25) is 9.59 Å². The van der Waals surface area contributed by atoms with Crippen LogP contribution < -0.4 is 15.5 Å². The summed E-state index contributed by atoms with van der Waals surface area (Å²) in [6.45, 7) is 3.27. The number of amides is 1.